The first-order valence-electron chi connectivity index (χ1n) is 6.73. The van der Waals surface area contributed by atoms with Crippen LogP contribution < -0.4 is 16.0 Å². The molecule has 0 saturated carbocycles. The zero-order valence-electron chi connectivity index (χ0n) is 11.1. The summed E-state index contributed by atoms with van der Waals surface area (Å²) in [6, 6.07) is 9.41. The highest BCUT2D eigenvalue weighted by molar-refractivity contribution is 7.12. The van der Waals surface area contributed by atoms with Crippen LogP contribution in [0.25, 0.3) is 0 Å². The summed E-state index contributed by atoms with van der Waals surface area (Å²) in [4.78, 5) is 15.0. The topological polar surface area (TPSA) is 58.4 Å². The maximum absolute atomic E-state index is 12.0. The van der Waals surface area contributed by atoms with Gasteiger partial charge < -0.3 is 16.0 Å². The molecule has 5 heteroatoms. The van der Waals surface area contributed by atoms with Gasteiger partial charge in [-0.1, -0.05) is 6.07 Å². The quantitative estimate of drug-likeness (QED) is 0.852. The number of hydrogen-bond donors (Lipinski definition) is 2. The number of carbonyl (C=O) groups excluding carboxylic acids is 1. The molecule has 2 aromatic rings. The Bertz CT molecular complexity index is 604. The van der Waals surface area contributed by atoms with Gasteiger partial charge in [-0.2, -0.15) is 0 Å². The van der Waals surface area contributed by atoms with Crippen molar-refractivity contribution in [2.24, 2.45) is 0 Å². The van der Waals surface area contributed by atoms with E-state index in [4.69, 9.17) is 5.73 Å². The molecule has 0 spiro atoms. The number of hydrogen-bond acceptors (Lipinski definition) is 4. The molecule has 0 bridgehead atoms. The number of nitrogens with zero attached hydrogens (tertiary/aromatic N) is 1. The summed E-state index contributed by atoms with van der Waals surface area (Å²) in [6.45, 7) is 2.12. The van der Waals surface area contributed by atoms with E-state index < -0.39 is 0 Å². The third kappa shape index (κ3) is 2.63. The van der Waals surface area contributed by atoms with Crippen LogP contribution in [0.3, 0.4) is 0 Å². The van der Waals surface area contributed by atoms with Crippen molar-refractivity contribution in [3.8, 4) is 0 Å². The Kier molecular flexibility index (Phi) is 3.60. The van der Waals surface area contributed by atoms with Gasteiger partial charge in [0.25, 0.3) is 5.91 Å². The molecule has 1 fully saturated rings. The van der Waals surface area contributed by atoms with Crippen LogP contribution >= 0.6 is 11.3 Å². The smallest absolute Gasteiger partial charge is 0.265 e. The summed E-state index contributed by atoms with van der Waals surface area (Å²) in [5, 5.41) is 4.76. The van der Waals surface area contributed by atoms with E-state index in [-0.39, 0.29) is 5.91 Å². The van der Waals surface area contributed by atoms with Gasteiger partial charge in [0.2, 0.25) is 0 Å². The summed E-state index contributed by atoms with van der Waals surface area (Å²) in [5.74, 6) is -0.0895. The SMILES string of the molecule is Nc1cc(NC(=O)c2cccs2)ccc1N1CCCC1. The minimum atomic E-state index is -0.0895. The van der Waals surface area contributed by atoms with E-state index in [1.54, 1.807) is 0 Å². The van der Waals surface area contributed by atoms with E-state index in [1.807, 2.05) is 35.7 Å². The van der Waals surface area contributed by atoms with Crippen LogP contribution in [0.2, 0.25) is 0 Å². The van der Waals surface area contributed by atoms with Gasteiger partial charge in [-0.05, 0) is 42.5 Å². The lowest BCUT2D eigenvalue weighted by atomic mass is 10.2. The predicted molar refractivity (Wildman–Crippen MR) is 84.6 cm³/mol. The second-order valence-corrected chi connectivity index (χ2v) is 5.85. The van der Waals surface area contributed by atoms with Gasteiger partial charge >= 0.3 is 0 Å². The number of nitrogens with one attached hydrogen (secondary N) is 1. The minimum Gasteiger partial charge on any atom is -0.397 e. The molecule has 20 heavy (non-hydrogen) atoms. The van der Waals surface area contributed by atoms with Crippen LogP contribution in [0.5, 0.6) is 0 Å². The van der Waals surface area contributed by atoms with Crippen molar-refractivity contribution in [2.45, 2.75) is 12.8 Å². The van der Waals surface area contributed by atoms with Crippen molar-refractivity contribution in [1.82, 2.24) is 0 Å². The van der Waals surface area contributed by atoms with Crippen LogP contribution in [-0.2, 0) is 0 Å². The predicted octanol–water partition coefficient (Wildman–Crippen LogP) is 3.18. The van der Waals surface area contributed by atoms with Gasteiger partial charge in [0, 0.05) is 18.8 Å². The fourth-order valence-electron chi connectivity index (χ4n) is 2.48. The van der Waals surface area contributed by atoms with Crippen molar-refractivity contribution in [3.05, 3.63) is 40.6 Å². The third-order valence-electron chi connectivity index (χ3n) is 3.48. The second kappa shape index (κ2) is 5.54. The van der Waals surface area contributed by atoms with E-state index in [0.29, 0.717) is 4.88 Å². The zero-order valence-corrected chi connectivity index (χ0v) is 12.0. The summed E-state index contributed by atoms with van der Waals surface area (Å²) in [6.07, 6.45) is 2.44. The van der Waals surface area contributed by atoms with Crippen LogP contribution in [0.15, 0.2) is 35.7 Å². The van der Waals surface area contributed by atoms with E-state index in [0.717, 1.165) is 30.2 Å². The first kappa shape index (κ1) is 13.0. The average molecular weight is 287 g/mol. The van der Waals surface area contributed by atoms with Crippen molar-refractivity contribution in [1.29, 1.82) is 0 Å². The highest BCUT2D eigenvalue weighted by Crippen LogP contribution is 2.29. The number of carbonyl (C=O) groups is 1. The summed E-state index contributed by atoms with van der Waals surface area (Å²) in [7, 11) is 0. The van der Waals surface area contributed by atoms with Crippen molar-refractivity contribution >= 4 is 34.3 Å². The summed E-state index contributed by atoms with van der Waals surface area (Å²) >= 11 is 1.43. The van der Waals surface area contributed by atoms with Crippen molar-refractivity contribution in [3.63, 3.8) is 0 Å². The van der Waals surface area contributed by atoms with E-state index in [9.17, 15) is 4.79 Å². The molecular formula is C15H17N3OS. The Morgan fingerprint density at radius 1 is 1.25 bits per heavy atom. The molecule has 4 nitrogen and oxygen atoms in total. The van der Waals surface area contributed by atoms with Crippen LogP contribution in [0.4, 0.5) is 17.1 Å². The van der Waals surface area contributed by atoms with Crippen molar-refractivity contribution in [2.75, 3.05) is 29.0 Å². The fourth-order valence-corrected chi connectivity index (χ4v) is 3.10. The molecule has 104 valence electrons. The fraction of sp³-hybridized carbons (Fsp3) is 0.267. The number of nitrogens with two attached hydrogens (primary N) is 1. The highest BCUT2D eigenvalue weighted by Gasteiger charge is 2.15. The lowest BCUT2D eigenvalue weighted by Gasteiger charge is -2.20. The molecule has 0 radical (unpaired) electrons. The molecule has 1 aromatic heterocycles. The molecule has 1 amide bonds. The number of nitrogen functional groups attached to an aromatic ring is 1. The molecule has 2 heterocycles. The largest absolute Gasteiger partial charge is 0.397 e. The standard InChI is InChI=1S/C15H17N3OS/c16-12-10-11(17-15(19)14-4-3-9-20-14)5-6-13(12)18-7-1-2-8-18/h3-6,9-10H,1-2,7-8,16H2,(H,17,19). The molecule has 0 aliphatic carbocycles. The first-order valence-corrected chi connectivity index (χ1v) is 7.61. The Morgan fingerprint density at radius 2 is 2.05 bits per heavy atom. The average Bonchev–Trinajstić information content (AvgIpc) is 3.12. The molecular weight excluding hydrogens is 270 g/mol. The number of thiophene rings is 1. The lowest BCUT2D eigenvalue weighted by molar-refractivity contribution is 0.103. The molecule has 1 saturated heterocycles. The van der Waals surface area contributed by atoms with E-state index in [1.165, 1.54) is 24.2 Å². The molecule has 1 aromatic carbocycles. The van der Waals surface area contributed by atoms with E-state index >= 15 is 0 Å². The second-order valence-electron chi connectivity index (χ2n) is 4.90. The molecule has 0 atom stereocenters. The van der Waals surface area contributed by atoms with Gasteiger partial charge in [0.15, 0.2) is 0 Å². The molecule has 1 aliphatic rings. The number of rotatable bonds is 3. The first-order chi connectivity index (χ1) is 9.74. The Hall–Kier alpha value is -2.01. The number of amides is 1. The molecule has 3 rings (SSSR count). The van der Waals surface area contributed by atoms with Crippen molar-refractivity contribution < 1.29 is 4.79 Å². The van der Waals surface area contributed by atoms with Gasteiger partial charge in [0.1, 0.15) is 0 Å². The summed E-state index contributed by atoms with van der Waals surface area (Å²) in [5.41, 5.74) is 8.63. The van der Waals surface area contributed by atoms with Crippen LogP contribution in [-0.4, -0.2) is 19.0 Å². The molecule has 0 unspecified atom stereocenters. The highest BCUT2D eigenvalue weighted by atomic mass is 32.1. The normalized spacial score (nSPS) is 14.5. The van der Waals surface area contributed by atoms with Crippen LogP contribution in [0.1, 0.15) is 22.5 Å². The Morgan fingerprint density at radius 3 is 2.70 bits per heavy atom. The number of anilines is 3. The number of benzene rings is 1. The third-order valence-corrected chi connectivity index (χ3v) is 4.35. The maximum atomic E-state index is 12.0. The van der Waals surface area contributed by atoms with Gasteiger partial charge in [-0.25, -0.2) is 0 Å². The van der Waals surface area contributed by atoms with E-state index in [2.05, 4.69) is 10.2 Å². The minimum absolute atomic E-state index is 0.0895. The van der Waals surface area contributed by atoms with Gasteiger partial charge in [-0.15, -0.1) is 11.3 Å². The maximum Gasteiger partial charge on any atom is 0.265 e. The Labute approximate surface area is 122 Å². The zero-order chi connectivity index (χ0) is 13.9. The monoisotopic (exact) mass is 287 g/mol. The lowest BCUT2D eigenvalue weighted by Crippen LogP contribution is -2.19. The summed E-state index contributed by atoms with van der Waals surface area (Å²) < 4.78 is 0. The molecule has 1 aliphatic heterocycles. The molecule has 3 N–H and O–H groups in total. The Balaban J connectivity index is 1.75. The van der Waals surface area contributed by atoms with Gasteiger partial charge in [0.05, 0.1) is 16.3 Å². The van der Waals surface area contributed by atoms with Crippen LogP contribution in [0, 0.1) is 0 Å². The van der Waals surface area contributed by atoms with Gasteiger partial charge in [-0.3, -0.25) is 4.79 Å².